The van der Waals surface area contributed by atoms with Crippen LogP contribution in [0.25, 0.3) is 11.1 Å². The molecule has 2 aliphatic carbocycles. The van der Waals surface area contributed by atoms with Crippen LogP contribution in [-0.2, 0) is 11.0 Å². The number of carbonyl (C=O) groups is 2. The van der Waals surface area contributed by atoms with Gasteiger partial charge in [0.05, 0.1) is 11.1 Å². The third kappa shape index (κ3) is 4.13. The molecule has 0 aromatic heterocycles. The van der Waals surface area contributed by atoms with Crippen LogP contribution >= 0.6 is 0 Å². The smallest absolute Gasteiger partial charge is 0.417 e. The summed E-state index contributed by atoms with van der Waals surface area (Å²) in [4.78, 5) is 28.5. The molecule has 5 rings (SSSR count). The zero-order valence-electron chi connectivity index (χ0n) is 19.6. The summed E-state index contributed by atoms with van der Waals surface area (Å²) in [5.41, 5.74) is -0.675. The first-order chi connectivity index (χ1) is 16.7. The molecule has 2 fully saturated rings. The van der Waals surface area contributed by atoms with E-state index in [1.165, 1.54) is 42.8 Å². The summed E-state index contributed by atoms with van der Waals surface area (Å²) in [6.07, 6.45) is 3.86. The number of fused-ring (bicyclic) bond motifs is 1. The minimum absolute atomic E-state index is 0.00973. The van der Waals surface area contributed by atoms with Crippen LogP contribution in [0.3, 0.4) is 0 Å². The van der Waals surface area contributed by atoms with Gasteiger partial charge in [0.25, 0.3) is 5.91 Å². The molecule has 1 heterocycles. The standard InChI is InChI=1S/C28H30F3NO3/c29-28(30,31)23-11-5-4-10-20(23)19-12-13-21-22(16-19)24(26(34)35)27(14-6-7-15-27)32(25(21)33)17-18-8-2-1-3-9-18/h4-5,10-13,16,18,24H,1-3,6-9,14-15,17H2,(H,34,35). The van der Waals surface area contributed by atoms with Crippen LogP contribution in [0.2, 0.25) is 0 Å². The van der Waals surface area contributed by atoms with Gasteiger partial charge < -0.3 is 10.0 Å². The normalized spacial score (nSPS) is 22.4. The van der Waals surface area contributed by atoms with Gasteiger partial charge in [-0.15, -0.1) is 0 Å². The summed E-state index contributed by atoms with van der Waals surface area (Å²) in [7, 11) is 0. The van der Waals surface area contributed by atoms with Crippen molar-refractivity contribution in [2.24, 2.45) is 5.92 Å². The summed E-state index contributed by atoms with van der Waals surface area (Å²) in [6.45, 7) is 0.556. The molecule has 1 amide bonds. The lowest BCUT2D eigenvalue weighted by Gasteiger charge is -2.50. The average Bonchev–Trinajstić information content (AvgIpc) is 3.31. The summed E-state index contributed by atoms with van der Waals surface area (Å²) in [5.74, 6) is -1.80. The van der Waals surface area contributed by atoms with Crippen molar-refractivity contribution in [1.29, 1.82) is 0 Å². The number of hydrogen-bond acceptors (Lipinski definition) is 2. The Hall–Kier alpha value is -2.83. The molecule has 4 nitrogen and oxygen atoms in total. The lowest BCUT2D eigenvalue weighted by Crippen LogP contribution is -2.60. The van der Waals surface area contributed by atoms with Crippen molar-refractivity contribution in [2.45, 2.75) is 75.4 Å². The monoisotopic (exact) mass is 485 g/mol. The van der Waals surface area contributed by atoms with E-state index in [4.69, 9.17) is 0 Å². The van der Waals surface area contributed by atoms with Crippen molar-refractivity contribution in [3.05, 3.63) is 59.2 Å². The number of alkyl halides is 3. The van der Waals surface area contributed by atoms with E-state index in [1.54, 1.807) is 0 Å². The summed E-state index contributed by atoms with van der Waals surface area (Å²) < 4.78 is 41.1. The van der Waals surface area contributed by atoms with Crippen molar-refractivity contribution >= 4 is 11.9 Å². The van der Waals surface area contributed by atoms with Crippen LogP contribution in [-0.4, -0.2) is 34.0 Å². The first-order valence-electron chi connectivity index (χ1n) is 12.6. The van der Waals surface area contributed by atoms with E-state index in [0.717, 1.165) is 44.6 Å². The van der Waals surface area contributed by atoms with Crippen molar-refractivity contribution in [3.8, 4) is 11.1 Å². The molecular weight excluding hydrogens is 455 g/mol. The van der Waals surface area contributed by atoms with Gasteiger partial charge in [0.15, 0.2) is 0 Å². The summed E-state index contributed by atoms with van der Waals surface area (Å²) >= 11 is 0. The SMILES string of the molecule is O=C(O)C1c2cc(-c3ccccc3C(F)(F)F)ccc2C(=O)N(CC2CCCCC2)C12CCCC2. The van der Waals surface area contributed by atoms with E-state index in [0.29, 0.717) is 36.4 Å². The molecular formula is C28H30F3NO3. The number of hydrogen-bond donors (Lipinski definition) is 1. The van der Waals surface area contributed by atoms with Crippen molar-refractivity contribution in [3.63, 3.8) is 0 Å². The van der Waals surface area contributed by atoms with E-state index in [-0.39, 0.29) is 17.0 Å². The number of carbonyl (C=O) groups excluding carboxylic acids is 1. The number of aliphatic carboxylic acids is 1. The van der Waals surface area contributed by atoms with Crippen LogP contribution in [0.1, 0.15) is 85.2 Å². The highest BCUT2D eigenvalue weighted by Crippen LogP contribution is 2.52. The van der Waals surface area contributed by atoms with Gasteiger partial charge in [-0.3, -0.25) is 9.59 Å². The molecule has 186 valence electrons. The number of halogens is 3. The molecule has 1 atom stereocenters. The van der Waals surface area contributed by atoms with E-state index in [1.807, 2.05) is 4.90 Å². The second kappa shape index (κ2) is 8.99. The predicted octanol–water partition coefficient (Wildman–Crippen LogP) is 6.89. The number of carboxylic acid groups (broad SMARTS) is 1. The highest BCUT2D eigenvalue weighted by molar-refractivity contribution is 6.01. The second-order valence-corrected chi connectivity index (χ2v) is 10.3. The Morgan fingerprint density at radius 1 is 0.971 bits per heavy atom. The average molecular weight is 486 g/mol. The van der Waals surface area contributed by atoms with Crippen LogP contribution < -0.4 is 0 Å². The van der Waals surface area contributed by atoms with Gasteiger partial charge in [0.2, 0.25) is 0 Å². The fourth-order valence-electron chi connectivity index (χ4n) is 6.74. The molecule has 2 aromatic rings. The second-order valence-electron chi connectivity index (χ2n) is 10.3. The highest BCUT2D eigenvalue weighted by atomic mass is 19.4. The van der Waals surface area contributed by atoms with E-state index < -0.39 is 29.2 Å². The first-order valence-corrected chi connectivity index (χ1v) is 12.6. The zero-order chi connectivity index (χ0) is 24.8. The molecule has 2 saturated carbocycles. The molecule has 35 heavy (non-hydrogen) atoms. The van der Waals surface area contributed by atoms with Crippen LogP contribution in [0, 0.1) is 5.92 Å². The van der Waals surface area contributed by atoms with Gasteiger partial charge in [0, 0.05) is 12.1 Å². The number of amides is 1. The highest BCUT2D eigenvalue weighted by Gasteiger charge is 2.56. The lowest BCUT2D eigenvalue weighted by atomic mass is 9.70. The predicted molar refractivity (Wildman–Crippen MR) is 126 cm³/mol. The molecule has 1 unspecified atom stereocenters. The Morgan fingerprint density at radius 3 is 2.31 bits per heavy atom. The minimum atomic E-state index is -4.54. The quantitative estimate of drug-likeness (QED) is 0.513. The Kier molecular flexibility index (Phi) is 6.14. The molecule has 1 aliphatic heterocycles. The van der Waals surface area contributed by atoms with Gasteiger partial charge in [-0.25, -0.2) is 0 Å². The molecule has 2 aromatic carbocycles. The number of carboxylic acids is 1. The Bertz CT molecular complexity index is 1130. The van der Waals surface area contributed by atoms with Crippen LogP contribution in [0.5, 0.6) is 0 Å². The largest absolute Gasteiger partial charge is 0.481 e. The van der Waals surface area contributed by atoms with Crippen molar-refractivity contribution in [1.82, 2.24) is 4.90 Å². The summed E-state index contributed by atoms with van der Waals surface area (Å²) in [5, 5.41) is 10.4. The third-order valence-electron chi connectivity index (χ3n) is 8.34. The van der Waals surface area contributed by atoms with Crippen LogP contribution in [0.15, 0.2) is 42.5 Å². The fourth-order valence-corrected chi connectivity index (χ4v) is 6.74. The Morgan fingerprint density at radius 2 is 1.66 bits per heavy atom. The van der Waals surface area contributed by atoms with Gasteiger partial charge in [0.1, 0.15) is 5.92 Å². The topological polar surface area (TPSA) is 57.6 Å². The maximum atomic E-state index is 13.8. The third-order valence-corrected chi connectivity index (χ3v) is 8.34. The molecule has 0 radical (unpaired) electrons. The summed E-state index contributed by atoms with van der Waals surface area (Å²) in [6, 6.07) is 9.87. The maximum Gasteiger partial charge on any atom is 0.417 e. The fraction of sp³-hybridized carbons (Fsp3) is 0.500. The van der Waals surface area contributed by atoms with E-state index in [9.17, 15) is 27.9 Å². The van der Waals surface area contributed by atoms with Crippen LogP contribution in [0.4, 0.5) is 13.2 Å². The first kappa shape index (κ1) is 23.9. The number of benzene rings is 2. The molecule has 1 N–H and O–H groups in total. The molecule has 3 aliphatic rings. The molecule has 0 bridgehead atoms. The van der Waals surface area contributed by atoms with E-state index in [2.05, 4.69) is 0 Å². The minimum Gasteiger partial charge on any atom is -0.481 e. The van der Waals surface area contributed by atoms with Gasteiger partial charge >= 0.3 is 12.1 Å². The van der Waals surface area contributed by atoms with Gasteiger partial charge in [-0.05, 0) is 66.5 Å². The Balaban J connectivity index is 1.63. The molecule has 7 heteroatoms. The van der Waals surface area contributed by atoms with Crippen molar-refractivity contribution in [2.75, 3.05) is 6.54 Å². The van der Waals surface area contributed by atoms with E-state index >= 15 is 0 Å². The number of rotatable bonds is 4. The number of nitrogens with zero attached hydrogens (tertiary/aromatic N) is 1. The zero-order valence-corrected chi connectivity index (χ0v) is 19.6. The molecule has 0 saturated heterocycles. The van der Waals surface area contributed by atoms with Gasteiger partial charge in [-0.2, -0.15) is 13.2 Å². The van der Waals surface area contributed by atoms with Gasteiger partial charge in [-0.1, -0.05) is 56.4 Å². The van der Waals surface area contributed by atoms with Crippen molar-refractivity contribution < 1.29 is 27.9 Å². The maximum absolute atomic E-state index is 13.8. The lowest BCUT2D eigenvalue weighted by molar-refractivity contribution is -0.143. The Labute approximate surface area is 203 Å². The molecule has 1 spiro atoms.